The maximum absolute atomic E-state index is 9.78. The Hall–Kier alpha value is -0.900. The quantitative estimate of drug-likeness (QED) is 0.358. The summed E-state index contributed by atoms with van der Waals surface area (Å²) in [5, 5.41) is 2.03. The summed E-state index contributed by atoms with van der Waals surface area (Å²) in [7, 11) is 6.00. The first-order chi connectivity index (χ1) is 4.52. The van der Waals surface area contributed by atoms with Gasteiger partial charge in [-0.1, -0.05) is 0 Å². The Balaban J connectivity index is 0.000000180. The Morgan fingerprint density at radius 2 is 1.40 bits per heavy atom. The lowest BCUT2D eigenvalue weighted by Gasteiger charge is -2.08. The molecule has 1 fully saturated rings. The van der Waals surface area contributed by atoms with Gasteiger partial charge in [0.2, 0.25) is 11.8 Å². The van der Waals surface area contributed by atoms with E-state index in [1.54, 1.807) is 0 Å². The zero-order chi connectivity index (χ0) is 8.15. The topological polar surface area (TPSA) is 49.4 Å². The van der Waals surface area contributed by atoms with Crippen LogP contribution >= 0.6 is 0 Å². The van der Waals surface area contributed by atoms with Gasteiger partial charge >= 0.3 is 0 Å². The van der Waals surface area contributed by atoms with Crippen LogP contribution in [0.2, 0.25) is 0 Å². The molecule has 58 valence electrons. The SMILES string of the molecule is CN(C)C.O=C1CC(=O)N1. The number of amides is 2. The molecule has 0 spiro atoms. The molecule has 1 N–H and O–H groups in total. The molecule has 0 aliphatic carbocycles. The molecular weight excluding hydrogens is 132 g/mol. The maximum atomic E-state index is 9.78. The second-order valence-electron chi connectivity index (χ2n) is 2.49. The van der Waals surface area contributed by atoms with Crippen LogP contribution in [0.1, 0.15) is 6.42 Å². The number of rotatable bonds is 0. The van der Waals surface area contributed by atoms with Crippen LogP contribution in [-0.4, -0.2) is 37.9 Å². The van der Waals surface area contributed by atoms with E-state index in [1.807, 2.05) is 31.4 Å². The highest BCUT2D eigenvalue weighted by atomic mass is 16.2. The molecular formula is C6H12N2O2. The van der Waals surface area contributed by atoms with Crippen LogP contribution in [0.5, 0.6) is 0 Å². The molecule has 1 aliphatic rings. The predicted octanol–water partition coefficient (Wildman–Crippen LogP) is -0.789. The summed E-state index contributed by atoms with van der Waals surface area (Å²) >= 11 is 0. The van der Waals surface area contributed by atoms with Crippen LogP contribution in [0.15, 0.2) is 0 Å². The van der Waals surface area contributed by atoms with Crippen molar-refractivity contribution < 1.29 is 9.59 Å². The highest BCUT2D eigenvalue weighted by molar-refractivity contribution is 6.14. The minimum absolute atomic E-state index is 0.0833. The third kappa shape index (κ3) is 5.24. The molecule has 4 nitrogen and oxygen atoms in total. The summed E-state index contributed by atoms with van der Waals surface area (Å²) in [4.78, 5) is 21.6. The van der Waals surface area contributed by atoms with E-state index in [4.69, 9.17) is 0 Å². The lowest BCUT2D eigenvalue weighted by molar-refractivity contribution is -0.140. The summed E-state index contributed by atoms with van der Waals surface area (Å²) in [6, 6.07) is 0. The van der Waals surface area contributed by atoms with E-state index in [0.29, 0.717) is 0 Å². The van der Waals surface area contributed by atoms with E-state index in [2.05, 4.69) is 0 Å². The normalized spacial score (nSPS) is 15.2. The third-order valence-corrected chi connectivity index (χ3v) is 0.600. The van der Waals surface area contributed by atoms with Gasteiger partial charge in [0, 0.05) is 0 Å². The van der Waals surface area contributed by atoms with Gasteiger partial charge in [-0.25, -0.2) is 0 Å². The van der Waals surface area contributed by atoms with Gasteiger partial charge in [0.1, 0.15) is 6.42 Å². The molecule has 0 saturated carbocycles. The lowest BCUT2D eigenvalue weighted by Crippen LogP contribution is -2.43. The number of carbonyl (C=O) groups excluding carboxylic acids is 2. The number of imide groups is 1. The van der Waals surface area contributed by atoms with Crippen LogP contribution in [0, 0.1) is 0 Å². The van der Waals surface area contributed by atoms with E-state index in [-0.39, 0.29) is 18.2 Å². The molecule has 1 rings (SSSR count). The molecule has 1 saturated heterocycles. The minimum atomic E-state index is -0.167. The fraction of sp³-hybridized carbons (Fsp3) is 0.667. The maximum Gasteiger partial charge on any atom is 0.236 e. The molecule has 0 bridgehead atoms. The summed E-state index contributed by atoms with van der Waals surface area (Å²) in [5.74, 6) is -0.333. The monoisotopic (exact) mass is 144 g/mol. The number of nitrogens with zero attached hydrogens (tertiary/aromatic N) is 1. The molecule has 0 aromatic carbocycles. The summed E-state index contributed by atoms with van der Waals surface area (Å²) in [5.41, 5.74) is 0. The van der Waals surface area contributed by atoms with Crippen LogP contribution < -0.4 is 5.32 Å². The molecule has 10 heavy (non-hydrogen) atoms. The molecule has 1 heterocycles. The van der Waals surface area contributed by atoms with E-state index >= 15 is 0 Å². The second kappa shape index (κ2) is 4.00. The van der Waals surface area contributed by atoms with E-state index < -0.39 is 0 Å². The minimum Gasteiger partial charge on any atom is -0.312 e. The number of hydrogen-bond donors (Lipinski definition) is 1. The van der Waals surface area contributed by atoms with Gasteiger partial charge < -0.3 is 4.90 Å². The molecule has 0 unspecified atom stereocenters. The molecule has 0 aromatic heterocycles. The molecule has 2 amide bonds. The standard InChI is InChI=1S/C3H3NO2.C3H9N/c5-2-1-3(6)4-2;1-4(2)3/h1H2,(H,4,5,6);1-3H3. The Kier molecular flexibility index (Phi) is 3.64. The number of carbonyl (C=O) groups is 2. The highest BCUT2D eigenvalue weighted by Gasteiger charge is 2.20. The first kappa shape index (κ1) is 9.10. The Morgan fingerprint density at radius 3 is 1.40 bits per heavy atom. The number of nitrogens with one attached hydrogen (secondary N) is 1. The Bertz CT molecular complexity index is 118. The van der Waals surface area contributed by atoms with Crippen molar-refractivity contribution in [3.63, 3.8) is 0 Å². The number of β-lactam (4-membered cyclic amide) rings is 2. The van der Waals surface area contributed by atoms with Crippen molar-refractivity contribution in [2.45, 2.75) is 6.42 Å². The second-order valence-corrected chi connectivity index (χ2v) is 2.49. The average Bonchev–Trinajstić information content (AvgIpc) is 1.60. The van der Waals surface area contributed by atoms with Gasteiger partial charge in [0.25, 0.3) is 0 Å². The molecule has 0 atom stereocenters. The van der Waals surface area contributed by atoms with Crippen molar-refractivity contribution >= 4 is 11.8 Å². The number of hydrogen-bond acceptors (Lipinski definition) is 3. The fourth-order valence-electron chi connectivity index (χ4n) is 0.283. The zero-order valence-corrected chi connectivity index (χ0v) is 6.47. The van der Waals surface area contributed by atoms with Gasteiger partial charge in [-0.3, -0.25) is 14.9 Å². The molecule has 1 aliphatic heterocycles. The molecule has 0 aromatic rings. The van der Waals surface area contributed by atoms with Crippen molar-refractivity contribution in [1.29, 1.82) is 0 Å². The van der Waals surface area contributed by atoms with E-state index in [9.17, 15) is 9.59 Å². The van der Waals surface area contributed by atoms with Crippen molar-refractivity contribution in [2.75, 3.05) is 21.1 Å². The van der Waals surface area contributed by atoms with Crippen LogP contribution in [0.25, 0.3) is 0 Å². The fourth-order valence-corrected chi connectivity index (χ4v) is 0.283. The van der Waals surface area contributed by atoms with Crippen molar-refractivity contribution in [3.8, 4) is 0 Å². The first-order valence-electron chi connectivity index (χ1n) is 2.96. The highest BCUT2D eigenvalue weighted by Crippen LogP contribution is 1.89. The molecule has 0 radical (unpaired) electrons. The summed E-state index contributed by atoms with van der Waals surface area (Å²) < 4.78 is 0. The van der Waals surface area contributed by atoms with Gasteiger partial charge in [0.15, 0.2) is 0 Å². The van der Waals surface area contributed by atoms with E-state index in [0.717, 1.165) is 0 Å². The largest absolute Gasteiger partial charge is 0.312 e. The molecule has 4 heteroatoms. The first-order valence-corrected chi connectivity index (χ1v) is 2.96. The summed E-state index contributed by atoms with van der Waals surface area (Å²) in [6.07, 6.45) is 0.0833. The van der Waals surface area contributed by atoms with Crippen LogP contribution in [0.4, 0.5) is 0 Å². The smallest absolute Gasteiger partial charge is 0.236 e. The van der Waals surface area contributed by atoms with Gasteiger partial charge in [-0.05, 0) is 21.1 Å². The Morgan fingerprint density at radius 1 is 1.20 bits per heavy atom. The predicted molar refractivity (Wildman–Crippen MR) is 37.4 cm³/mol. The van der Waals surface area contributed by atoms with Gasteiger partial charge in [0.05, 0.1) is 0 Å². The van der Waals surface area contributed by atoms with Crippen LogP contribution in [0.3, 0.4) is 0 Å². The van der Waals surface area contributed by atoms with Crippen molar-refractivity contribution in [3.05, 3.63) is 0 Å². The third-order valence-electron chi connectivity index (χ3n) is 0.600. The zero-order valence-electron chi connectivity index (χ0n) is 6.47. The van der Waals surface area contributed by atoms with Crippen LogP contribution in [-0.2, 0) is 9.59 Å². The van der Waals surface area contributed by atoms with Gasteiger partial charge in [-0.15, -0.1) is 0 Å². The average molecular weight is 144 g/mol. The van der Waals surface area contributed by atoms with Gasteiger partial charge in [-0.2, -0.15) is 0 Å². The Labute approximate surface area is 60.2 Å². The van der Waals surface area contributed by atoms with Crippen molar-refractivity contribution in [2.24, 2.45) is 0 Å². The lowest BCUT2D eigenvalue weighted by atomic mass is 10.3. The van der Waals surface area contributed by atoms with Crippen molar-refractivity contribution in [1.82, 2.24) is 10.2 Å². The van der Waals surface area contributed by atoms with E-state index in [1.165, 1.54) is 0 Å². The summed E-state index contributed by atoms with van der Waals surface area (Å²) in [6.45, 7) is 0.